The summed E-state index contributed by atoms with van der Waals surface area (Å²) in [6.45, 7) is 4.45. The van der Waals surface area contributed by atoms with Crippen LogP contribution in [-0.4, -0.2) is 14.3 Å². The van der Waals surface area contributed by atoms with E-state index in [2.05, 4.69) is 46.0 Å². The van der Waals surface area contributed by atoms with Gasteiger partial charge < -0.3 is 4.90 Å². The van der Waals surface area contributed by atoms with E-state index >= 15 is 0 Å². The standard InChI is InChI=1S/C39H33N3O3S/c1-27-15-19-31(20-16-27)40-46(44,45)33-23-24-37-36(25-33)39(43)42(32-21-17-28(2)18-22-32)38(41(37)26-29-9-4-3-5-10-29)35-14-8-12-30-11-6-7-13-34(30)35/h3-25,38,40H,26H2,1-2H3/t38-/m0/s1. The van der Waals surface area contributed by atoms with Gasteiger partial charge in [-0.3, -0.25) is 14.4 Å². The van der Waals surface area contributed by atoms with Crippen molar-refractivity contribution >= 4 is 43.8 Å². The van der Waals surface area contributed by atoms with Crippen molar-refractivity contribution in [1.82, 2.24) is 0 Å². The zero-order chi connectivity index (χ0) is 31.8. The van der Waals surface area contributed by atoms with E-state index in [9.17, 15) is 13.2 Å². The van der Waals surface area contributed by atoms with Gasteiger partial charge >= 0.3 is 0 Å². The minimum absolute atomic E-state index is 0.0207. The van der Waals surface area contributed by atoms with E-state index in [0.29, 0.717) is 23.5 Å². The quantitative estimate of drug-likeness (QED) is 0.193. The first-order chi connectivity index (χ1) is 22.3. The third kappa shape index (κ3) is 5.50. The Bertz CT molecular complexity index is 2160. The molecule has 0 fully saturated rings. The lowest BCUT2D eigenvalue weighted by atomic mass is 9.95. The summed E-state index contributed by atoms with van der Waals surface area (Å²) in [6, 6.07) is 44.4. The van der Waals surface area contributed by atoms with Crippen LogP contribution in [0.2, 0.25) is 0 Å². The summed E-state index contributed by atoms with van der Waals surface area (Å²) in [7, 11) is -3.98. The molecule has 0 aromatic heterocycles. The second kappa shape index (κ2) is 11.8. The van der Waals surface area contributed by atoms with Gasteiger partial charge in [-0.05, 0) is 72.6 Å². The van der Waals surface area contributed by atoms with Crippen molar-refractivity contribution in [1.29, 1.82) is 0 Å². The zero-order valence-electron chi connectivity index (χ0n) is 25.6. The number of nitrogens with zero attached hydrogens (tertiary/aromatic N) is 2. The maximum Gasteiger partial charge on any atom is 0.262 e. The van der Waals surface area contributed by atoms with Crippen molar-refractivity contribution < 1.29 is 13.2 Å². The number of hydrogen-bond acceptors (Lipinski definition) is 4. The number of fused-ring (bicyclic) bond motifs is 2. The van der Waals surface area contributed by atoms with Crippen molar-refractivity contribution in [3.05, 3.63) is 167 Å². The van der Waals surface area contributed by atoms with Crippen LogP contribution in [0.5, 0.6) is 0 Å². The molecule has 0 unspecified atom stereocenters. The molecule has 1 atom stereocenters. The van der Waals surface area contributed by atoms with E-state index in [1.54, 1.807) is 29.2 Å². The van der Waals surface area contributed by atoms with Crippen molar-refractivity contribution in [2.75, 3.05) is 14.5 Å². The van der Waals surface area contributed by atoms with Crippen molar-refractivity contribution in [2.24, 2.45) is 0 Å². The van der Waals surface area contributed by atoms with Crippen LogP contribution in [0.25, 0.3) is 10.8 Å². The molecule has 6 aromatic carbocycles. The molecule has 0 aliphatic carbocycles. The van der Waals surface area contributed by atoms with E-state index < -0.39 is 16.2 Å². The summed E-state index contributed by atoms with van der Waals surface area (Å²) in [5, 5.41) is 2.12. The van der Waals surface area contributed by atoms with Crippen LogP contribution in [0, 0.1) is 13.8 Å². The second-order valence-electron chi connectivity index (χ2n) is 11.7. The average Bonchev–Trinajstić information content (AvgIpc) is 3.07. The predicted molar refractivity (Wildman–Crippen MR) is 186 cm³/mol. The summed E-state index contributed by atoms with van der Waals surface area (Å²) in [6.07, 6.45) is -0.512. The monoisotopic (exact) mass is 623 g/mol. The molecule has 7 heteroatoms. The highest BCUT2D eigenvalue weighted by Crippen LogP contribution is 2.44. The highest BCUT2D eigenvalue weighted by molar-refractivity contribution is 7.92. The predicted octanol–water partition coefficient (Wildman–Crippen LogP) is 8.62. The van der Waals surface area contributed by atoms with Crippen molar-refractivity contribution in [2.45, 2.75) is 31.5 Å². The number of hydrogen-bond donors (Lipinski definition) is 1. The molecular weight excluding hydrogens is 591 g/mol. The molecule has 228 valence electrons. The Morgan fingerprint density at radius 1 is 0.696 bits per heavy atom. The average molecular weight is 624 g/mol. The summed E-state index contributed by atoms with van der Waals surface area (Å²) < 4.78 is 29.9. The Morgan fingerprint density at radius 3 is 2.09 bits per heavy atom. The van der Waals surface area contributed by atoms with Gasteiger partial charge in [-0.15, -0.1) is 0 Å². The molecule has 7 rings (SSSR count). The van der Waals surface area contributed by atoms with E-state index in [1.807, 2.05) is 86.6 Å². The number of benzene rings is 6. The van der Waals surface area contributed by atoms with Gasteiger partial charge in [0.1, 0.15) is 6.17 Å². The maximum absolute atomic E-state index is 14.8. The number of carbonyl (C=O) groups is 1. The molecule has 1 aliphatic rings. The number of rotatable bonds is 7. The van der Waals surface area contributed by atoms with Gasteiger partial charge in [0.25, 0.3) is 15.9 Å². The summed E-state index contributed by atoms with van der Waals surface area (Å²) in [5.74, 6) is -0.270. The molecule has 1 amide bonds. The lowest BCUT2D eigenvalue weighted by molar-refractivity contribution is 0.0968. The smallest absolute Gasteiger partial charge is 0.262 e. The van der Waals surface area contributed by atoms with E-state index in [0.717, 1.165) is 38.7 Å². The Labute approximate surface area is 269 Å². The van der Waals surface area contributed by atoms with Gasteiger partial charge in [0, 0.05) is 23.5 Å². The fourth-order valence-electron chi connectivity index (χ4n) is 6.15. The van der Waals surface area contributed by atoms with Crippen LogP contribution in [0.1, 0.15) is 38.8 Å². The maximum atomic E-state index is 14.8. The molecular formula is C39H33N3O3S. The van der Waals surface area contributed by atoms with E-state index in [1.165, 1.54) is 6.07 Å². The van der Waals surface area contributed by atoms with Crippen LogP contribution in [0.4, 0.5) is 17.1 Å². The number of amides is 1. The van der Waals surface area contributed by atoms with Gasteiger partial charge in [0.05, 0.1) is 16.1 Å². The minimum Gasteiger partial charge on any atom is -0.342 e. The van der Waals surface area contributed by atoms with Gasteiger partial charge in [-0.1, -0.05) is 108 Å². The number of anilines is 3. The zero-order valence-corrected chi connectivity index (χ0v) is 26.4. The largest absolute Gasteiger partial charge is 0.342 e. The molecule has 0 bridgehead atoms. The van der Waals surface area contributed by atoms with E-state index in [4.69, 9.17) is 0 Å². The number of carbonyl (C=O) groups excluding carboxylic acids is 1. The normalized spacial score (nSPS) is 14.7. The summed E-state index contributed by atoms with van der Waals surface area (Å²) >= 11 is 0. The molecule has 0 saturated heterocycles. The second-order valence-corrected chi connectivity index (χ2v) is 13.4. The summed E-state index contributed by atoms with van der Waals surface area (Å²) in [4.78, 5) is 18.8. The highest BCUT2D eigenvalue weighted by atomic mass is 32.2. The third-order valence-electron chi connectivity index (χ3n) is 8.49. The van der Waals surface area contributed by atoms with Crippen molar-refractivity contribution in [3.8, 4) is 0 Å². The Balaban J connectivity index is 1.43. The van der Waals surface area contributed by atoms with Crippen LogP contribution < -0.4 is 14.5 Å². The van der Waals surface area contributed by atoms with Crippen LogP contribution in [0.15, 0.2) is 144 Å². The Hall–Kier alpha value is -5.40. The van der Waals surface area contributed by atoms with Crippen LogP contribution >= 0.6 is 0 Å². The number of nitrogens with one attached hydrogen (secondary N) is 1. The minimum atomic E-state index is -3.98. The lowest BCUT2D eigenvalue weighted by Gasteiger charge is -2.46. The molecule has 6 aromatic rings. The molecule has 6 nitrogen and oxygen atoms in total. The third-order valence-corrected chi connectivity index (χ3v) is 9.87. The van der Waals surface area contributed by atoms with Gasteiger partial charge in [-0.2, -0.15) is 0 Å². The SMILES string of the molecule is Cc1ccc(NS(=O)(=O)c2ccc3c(c2)C(=O)N(c2ccc(C)cc2)[C@@H](c2cccc4ccccc24)N3Cc2ccccc2)cc1. The van der Waals surface area contributed by atoms with Crippen LogP contribution in [0.3, 0.4) is 0 Å². The molecule has 1 heterocycles. The number of sulfonamides is 1. The highest BCUT2D eigenvalue weighted by Gasteiger charge is 2.41. The van der Waals surface area contributed by atoms with Crippen LogP contribution in [-0.2, 0) is 16.6 Å². The van der Waals surface area contributed by atoms with E-state index in [-0.39, 0.29) is 10.8 Å². The first-order valence-corrected chi connectivity index (χ1v) is 16.7. The first-order valence-electron chi connectivity index (χ1n) is 15.2. The molecule has 1 N–H and O–H groups in total. The fourth-order valence-corrected chi connectivity index (χ4v) is 7.23. The van der Waals surface area contributed by atoms with Gasteiger partial charge in [-0.25, -0.2) is 8.42 Å². The van der Waals surface area contributed by atoms with Crippen molar-refractivity contribution in [3.63, 3.8) is 0 Å². The molecule has 46 heavy (non-hydrogen) atoms. The fraction of sp³-hybridized carbons (Fsp3) is 0.103. The number of aryl methyl sites for hydroxylation is 2. The van der Waals surface area contributed by atoms with Gasteiger partial charge in [0.2, 0.25) is 0 Å². The summed E-state index contributed by atoms with van der Waals surface area (Å²) in [5.41, 5.74) is 6.32. The van der Waals surface area contributed by atoms with Gasteiger partial charge in [0.15, 0.2) is 0 Å². The molecule has 0 saturated carbocycles. The molecule has 1 aliphatic heterocycles. The Morgan fingerprint density at radius 2 is 1.35 bits per heavy atom. The Kier molecular flexibility index (Phi) is 7.54. The molecule has 0 spiro atoms. The topological polar surface area (TPSA) is 69.7 Å². The lowest BCUT2D eigenvalue weighted by Crippen LogP contribution is -2.49. The molecule has 0 radical (unpaired) electrons. The first kappa shape index (κ1) is 29.3.